The molecule has 1 aromatic carbocycles. The maximum Gasteiger partial charge on any atom is 0.157 e. The van der Waals surface area contributed by atoms with Gasteiger partial charge < -0.3 is 10.2 Å². The van der Waals surface area contributed by atoms with Crippen LogP contribution < -0.4 is 0 Å². The lowest BCUT2D eigenvalue weighted by molar-refractivity contribution is -0.00461. The van der Waals surface area contributed by atoms with Gasteiger partial charge in [0, 0.05) is 0 Å². The summed E-state index contributed by atoms with van der Waals surface area (Å²) in [7, 11) is 0. The summed E-state index contributed by atoms with van der Waals surface area (Å²) in [5.74, 6) is 0.310. The SMILES string of the molecule is CCCCC(C)(CC)C(CC)(CCCC)C(C)c1ccc(O)c(O)c1. The number of hydrogen-bond donors (Lipinski definition) is 2. The molecular weight excluding hydrogens is 308 g/mol. The average Bonchev–Trinajstić information content (AvgIpc) is 2.62. The summed E-state index contributed by atoms with van der Waals surface area (Å²) in [6, 6.07) is 5.40. The lowest BCUT2D eigenvalue weighted by Crippen LogP contribution is -2.43. The van der Waals surface area contributed by atoms with E-state index in [0.29, 0.717) is 5.92 Å². The minimum absolute atomic E-state index is 0.00314. The molecule has 1 aromatic rings. The van der Waals surface area contributed by atoms with Crippen molar-refractivity contribution in [3.63, 3.8) is 0 Å². The molecule has 2 heteroatoms. The van der Waals surface area contributed by atoms with Crippen molar-refractivity contribution in [3.8, 4) is 11.5 Å². The number of benzene rings is 1. The second kappa shape index (κ2) is 9.50. The first-order valence-corrected chi connectivity index (χ1v) is 10.3. The van der Waals surface area contributed by atoms with Crippen LogP contribution in [0.5, 0.6) is 11.5 Å². The first-order chi connectivity index (χ1) is 11.8. The van der Waals surface area contributed by atoms with Gasteiger partial charge in [0.2, 0.25) is 0 Å². The second-order valence-corrected chi connectivity index (χ2v) is 8.10. The fourth-order valence-electron chi connectivity index (χ4n) is 4.92. The molecule has 0 saturated heterocycles. The minimum Gasteiger partial charge on any atom is -0.504 e. The second-order valence-electron chi connectivity index (χ2n) is 8.10. The van der Waals surface area contributed by atoms with Crippen LogP contribution in [0.15, 0.2) is 18.2 Å². The summed E-state index contributed by atoms with van der Waals surface area (Å²) in [5.41, 5.74) is 1.63. The molecule has 0 aromatic heterocycles. The van der Waals surface area contributed by atoms with E-state index in [0.717, 1.165) is 12.0 Å². The first kappa shape index (κ1) is 21.9. The number of aromatic hydroxyl groups is 2. The summed E-state index contributed by atoms with van der Waals surface area (Å²) in [6.07, 6.45) is 9.75. The Morgan fingerprint density at radius 1 is 0.880 bits per heavy atom. The molecule has 25 heavy (non-hydrogen) atoms. The molecule has 144 valence electrons. The molecule has 0 aliphatic rings. The zero-order valence-electron chi connectivity index (χ0n) is 17.4. The Hall–Kier alpha value is -1.18. The standard InChI is InChI=1S/C23H40O2/c1-7-11-15-22(6,9-3)23(10-4,16-12-8-2)18(5)19-13-14-20(24)21(25)17-19/h13-14,17-18,24-25H,7-12,15-16H2,1-6H3. The van der Waals surface area contributed by atoms with Crippen molar-refractivity contribution < 1.29 is 10.2 Å². The topological polar surface area (TPSA) is 40.5 Å². The van der Waals surface area contributed by atoms with Crippen molar-refractivity contribution in [3.05, 3.63) is 23.8 Å². The zero-order valence-corrected chi connectivity index (χ0v) is 17.4. The molecule has 0 spiro atoms. The molecule has 0 fully saturated rings. The van der Waals surface area contributed by atoms with Gasteiger partial charge in [0.15, 0.2) is 11.5 Å². The van der Waals surface area contributed by atoms with E-state index < -0.39 is 0 Å². The van der Waals surface area contributed by atoms with Crippen LogP contribution in [-0.2, 0) is 0 Å². The number of unbranched alkanes of at least 4 members (excludes halogenated alkanes) is 2. The molecule has 2 nitrogen and oxygen atoms in total. The molecule has 0 saturated carbocycles. The van der Waals surface area contributed by atoms with Gasteiger partial charge in [-0.25, -0.2) is 0 Å². The first-order valence-electron chi connectivity index (χ1n) is 10.3. The van der Waals surface area contributed by atoms with Gasteiger partial charge in [-0.05, 0) is 53.7 Å². The summed E-state index contributed by atoms with van der Waals surface area (Å²) < 4.78 is 0. The Morgan fingerprint density at radius 3 is 1.96 bits per heavy atom. The van der Waals surface area contributed by atoms with Gasteiger partial charge in [0.05, 0.1) is 0 Å². The van der Waals surface area contributed by atoms with Crippen molar-refractivity contribution in [2.75, 3.05) is 0 Å². The monoisotopic (exact) mass is 348 g/mol. The lowest BCUT2D eigenvalue weighted by atomic mass is 9.51. The fraction of sp³-hybridized carbons (Fsp3) is 0.739. The van der Waals surface area contributed by atoms with E-state index in [1.54, 1.807) is 12.1 Å². The quantitative estimate of drug-likeness (QED) is 0.409. The molecule has 0 bridgehead atoms. The Bertz CT molecular complexity index is 525. The Labute approximate surface area is 155 Å². The highest BCUT2D eigenvalue weighted by molar-refractivity contribution is 5.42. The van der Waals surface area contributed by atoms with Crippen molar-refractivity contribution >= 4 is 0 Å². The van der Waals surface area contributed by atoms with Crippen LogP contribution >= 0.6 is 0 Å². The van der Waals surface area contributed by atoms with Crippen LogP contribution in [-0.4, -0.2) is 10.2 Å². The molecule has 0 heterocycles. The third kappa shape index (κ3) is 4.51. The number of phenols is 2. The molecule has 3 atom stereocenters. The van der Waals surface area contributed by atoms with Gasteiger partial charge in [-0.2, -0.15) is 0 Å². The van der Waals surface area contributed by atoms with Crippen LogP contribution in [0.3, 0.4) is 0 Å². The summed E-state index contributed by atoms with van der Waals surface area (Å²) in [4.78, 5) is 0. The summed E-state index contributed by atoms with van der Waals surface area (Å²) in [5, 5.41) is 19.7. The van der Waals surface area contributed by atoms with Gasteiger partial charge in [0.25, 0.3) is 0 Å². The van der Waals surface area contributed by atoms with E-state index in [-0.39, 0.29) is 22.3 Å². The van der Waals surface area contributed by atoms with E-state index in [9.17, 15) is 10.2 Å². The van der Waals surface area contributed by atoms with Crippen LogP contribution in [0, 0.1) is 10.8 Å². The third-order valence-corrected chi connectivity index (χ3v) is 7.00. The largest absolute Gasteiger partial charge is 0.504 e. The van der Waals surface area contributed by atoms with Gasteiger partial charge in [0.1, 0.15) is 0 Å². The van der Waals surface area contributed by atoms with Gasteiger partial charge in [-0.15, -0.1) is 0 Å². The number of rotatable bonds is 11. The van der Waals surface area contributed by atoms with E-state index in [1.807, 2.05) is 6.07 Å². The lowest BCUT2D eigenvalue weighted by Gasteiger charge is -2.53. The minimum atomic E-state index is -0.0316. The molecule has 0 amide bonds. The summed E-state index contributed by atoms with van der Waals surface area (Å²) >= 11 is 0. The van der Waals surface area contributed by atoms with Crippen LogP contribution in [0.2, 0.25) is 0 Å². The molecule has 0 aliphatic carbocycles. The van der Waals surface area contributed by atoms with Crippen molar-refractivity contribution in [1.82, 2.24) is 0 Å². The van der Waals surface area contributed by atoms with Crippen molar-refractivity contribution in [1.29, 1.82) is 0 Å². The smallest absolute Gasteiger partial charge is 0.157 e. The Kier molecular flexibility index (Phi) is 8.31. The number of phenolic OH excluding ortho intramolecular Hbond substituents is 2. The molecule has 0 radical (unpaired) electrons. The average molecular weight is 349 g/mol. The van der Waals surface area contributed by atoms with Gasteiger partial charge in [-0.1, -0.05) is 79.7 Å². The predicted molar refractivity (Wildman–Crippen MR) is 108 cm³/mol. The van der Waals surface area contributed by atoms with Gasteiger partial charge >= 0.3 is 0 Å². The van der Waals surface area contributed by atoms with Crippen LogP contribution in [0.4, 0.5) is 0 Å². The fourth-order valence-corrected chi connectivity index (χ4v) is 4.92. The zero-order chi connectivity index (χ0) is 19.1. The number of hydrogen-bond acceptors (Lipinski definition) is 2. The molecular formula is C23H40O2. The Morgan fingerprint density at radius 2 is 1.48 bits per heavy atom. The van der Waals surface area contributed by atoms with Crippen molar-refractivity contribution in [2.45, 2.75) is 98.8 Å². The van der Waals surface area contributed by atoms with Crippen LogP contribution in [0.25, 0.3) is 0 Å². The third-order valence-electron chi connectivity index (χ3n) is 7.00. The highest BCUT2D eigenvalue weighted by Gasteiger charge is 2.48. The normalized spacial score (nSPS) is 17.7. The van der Waals surface area contributed by atoms with Gasteiger partial charge in [-0.3, -0.25) is 0 Å². The van der Waals surface area contributed by atoms with E-state index in [1.165, 1.54) is 44.9 Å². The van der Waals surface area contributed by atoms with E-state index in [4.69, 9.17) is 0 Å². The highest BCUT2D eigenvalue weighted by atomic mass is 16.3. The maximum atomic E-state index is 10.0. The van der Waals surface area contributed by atoms with E-state index >= 15 is 0 Å². The molecule has 0 aliphatic heterocycles. The summed E-state index contributed by atoms with van der Waals surface area (Å²) in [6.45, 7) is 14.0. The predicted octanol–water partition coefficient (Wildman–Crippen LogP) is 7.39. The van der Waals surface area contributed by atoms with E-state index in [2.05, 4.69) is 41.5 Å². The van der Waals surface area contributed by atoms with Crippen LogP contribution in [0.1, 0.15) is 104 Å². The molecule has 2 N–H and O–H groups in total. The highest BCUT2D eigenvalue weighted by Crippen LogP contribution is 2.59. The van der Waals surface area contributed by atoms with Crippen molar-refractivity contribution in [2.24, 2.45) is 10.8 Å². The molecule has 3 unspecified atom stereocenters. The Balaban J connectivity index is 3.39. The molecule has 1 rings (SSSR count). The maximum absolute atomic E-state index is 10.0.